The summed E-state index contributed by atoms with van der Waals surface area (Å²) in [6.07, 6.45) is 4.75. The normalized spacial score (nSPS) is 16.8. The van der Waals surface area contributed by atoms with Crippen LogP contribution in [0.2, 0.25) is 0 Å². The summed E-state index contributed by atoms with van der Waals surface area (Å²) >= 11 is 0. The van der Waals surface area contributed by atoms with Gasteiger partial charge in [0, 0.05) is 31.0 Å². The van der Waals surface area contributed by atoms with Gasteiger partial charge in [-0.15, -0.1) is 5.23 Å². The summed E-state index contributed by atoms with van der Waals surface area (Å²) < 4.78 is 0. The molecule has 0 radical (unpaired) electrons. The van der Waals surface area contributed by atoms with Crippen LogP contribution in [0.3, 0.4) is 0 Å². The summed E-state index contributed by atoms with van der Waals surface area (Å²) in [6, 6.07) is 0. The molecule has 0 aromatic heterocycles. The predicted molar refractivity (Wildman–Crippen MR) is 67.3 cm³/mol. The molecule has 0 spiro atoms. The van der Waals surface area contributed by atoms with Gasteiger partial charge in [-0.25, -0.2) is 5.48 Å². The number of nitrogens with zero attached hydrogens (tertiary/aromatic N) is 3. The average molecular weight is 285 g/mol. The molecule has 0 bridgehead atoms. The van der Waals surface area contributed by atoms with Crippen molar-refractivity contribution in [2.45, 2.75) is 0 Å². The number of guanidine groups is 1. The topological polar surface area (TPSA) is 162 Å². The highest BCUT2D eigenvalue weighted by Gasteiger charge is 2.16. The Morgan fingerprint density at radius 2 is 2.10 bits per heavy atom. The molecule has 11 nitrogen and oxygen atoms in total. The van der Waals surface area contributed by atoms with Crippen molar-refractivity contribution < 1.29 is 20.5 Å². The lowest BCUT2D eigenvalue weighted by Crippen LogP contribution is -2.42. The van der Waals surface area contributed by atoms with Crippen LogP contribution in [0.4, 0.5) is 0 Å². The maximum atomic E-state index is 10.6. The van der Waals surface area contributed by atoms with Gasteiger partial charge in [-0.1, -0.05) is 0 Å². The Labute approximate surface area is 113 Å². The smallest absolute Gasteiger partial charge is 0.234 e. The number of hydrogen-bond acceptors (Lipinski definition) is 8. The maximum absolute atomic E-state index is 10.6. The van der Waals surface area contributed by atoms with Crippen LogP contribution in [-0.4, -0.2) is 44.5 Å². The van der Waals surface area contributed by atoms with Crippen LogP contribution in [0.25, 0.3) is 0 Å². The van der Waals surface area contributed by atoms with E-state index in [4.69, 9.17) is 15.6 Å². The molecule has 6 N–H and O–H groups in total. The van der Waals surface area contributed by atoms with Gasteiger partial charge >= 0.3 is 0 Å². The van der Waals surface area contributed by atoms with Crippen molar-refractivity contribution in [3.8, 4) is 0 Å². The van der Waals surface area contributed by atoms with Crippen LogP contribution in [0.15, 0.2) is 40.7 Å². The summed E-state index contributed by atoms with van der Waals surface area (Å²) in [5.41, 5.74) is 6.43. The predicted octanol–water partition coefficient (Wildman–Crippen LogP) is -1.09. The van der Waals surface area contributed by atoms with Gasteiger partial charge in [0.25, 0.3) is 0 Å². The summed E-state index contributed by atoms with van der Waals surface area (Å²) in [5, 5.41) is 47.6. The number of hydroxylamine groups is 3. The Morgan fingerprint density at radius 3 is 2.60 bits per heavy atom. The Kier molecular flexibility index (Phi) is 5.34. The molecule has 110 valence electrons. The SMILES string of the molecule is CN=C(NO)NN/C=C1\C=CC(=[N+]([O-])[O-])C=C1N(O)O. The number of aliphatic imine (C=N–C) groups is 1. The molecular weight excluding hydrogens is 272 g/mol. The van der Waals surface area contributed by atoms with E-state index in [1.54, 1.807) is 5.48 Å². The van der Waals surface area contributed by atoms with Gasteiger partial charge < -0.3 is 15.8 Å². The minimum Gasteiger partial charge on any atom is -0.612 e. The molecule has 11 heteroatoms. The second-order valence-electron chi connectivity index (χ2n) is 3.39. The van der Waals surface area contributed by atoms with E-state index >= 15 is 0 Å². The molecule has 20 heavy (non-hydrogen) atoms. The van der Waals surface area contributed by atoms with Gasteiger partial charge in [0.15, 0.2) is 0 Å². The third kappa shape index (κ3) is 3.88. The molecule has 1 aliphatic carbocycles. The van der Waals surface area contributed by atoms with Crippen molar-refractivity contribution in [1.82, 2.24) is 21.6 Å². The van der Waals surface area contributed by atoms with E-state index in [-0.39, 0.29) is 28.2 Å². The van der Waals surface area contributed by atoms with Gasteiger partial charge in [0.2, 0.25) is 11.7 Å². The minimum absolute atomic E-state index is 0.00886. The first-order chi connectivity index (χ1) is 9.49. The lowest BCUT2D eigenvalue weighted by atomic mass is 10.1. The second kappa shape index (κ2) is 6.98. The van der Waals surface area contributed by atoms with Crippen molar-refractivity contribution in [3.63, 3.8) is 0 Å². The molecule has 1 rings (SSSR count). The van der Waals surface area contributed by atoms with Crippen molar-refractivity contribution in [1.29, 1.82) is 0 Å². The Bertz CT molecular complexity index is 503. The van der Waals surface area contributed by atoms with E-state index in [1.807, 2.05) is 0 Å². The molecule has 0 aromatic carbocycles. The largest absolute Gasteiger partial charge is 0.612 e. The summed E-state index contributed by atoms with van der Waals surface area (Å²) in [4.78, 5) is 2.93. The van der Waals surface area contributed by atoms with Crippen LogP contribution >= 0.6 is 0 Å². The van der Waals surface area contributed by atoms with Crippen molar-refractivity contribution >= 4 is 11.7 Å². The van der Waals surface area contributed by atoms with Crippen LogP contribution in [0.1, 0.15) is 0 Å². The first-order valence-electron chi connectivity index (χ1n) is 5.17. The lowest BCUT2D eigenvalue weighted by Gasteiger charge is -2.18. The molecule has 0 aromatic rings. The van der Waals surface area contributed by atoms with Crippen LogP contribution in [-0.2, 0) is 0 Å². The number of nitrogens with one attached hydrogen (secondary N) is 3. The van der Waals surface area contributed by atoms with E-state index in [1.165, 1.54) is 25.4 Å². The molecule has 0 amide bonds. The van der Waals surface area contributed by atoms with Crippen molar-refractivity contribution in [2.75, 3.05) is 7.05 Å². The number of rotatable bonds is 3. The molecule has 0 atom stereocenters. The van der Waals surface area contributed by atoms with E-state index in [2.05, 4.69) is 15.8 Å². The number of hydrogen-bond donors (Lipinski definition) is 6. The molecular formula is C9H13N6O5-. The van der Waals surface area contributed by atoms with Crippen molar-refractivity contribution in [3.05, 3.63) is 46.1 Å². The van der Waals surface area contributed by atoms with Gasteiger partial charge in [-0.2, -0.15) is 4.90 Å². The van der Waals surface area contributed by atoms with Gasteiger partial charge in [0.05, 0.1) is 0 Å². The van der Waals surface area contributed by atoms with Crippen LogP contribution in [0.5, 0.6) is 0 Å². The molecule has 0 saturated carbocycles. The van der Waals surface area contributed by atoms with Gasteiger partial charge in [0.1, 0.15) is 5.70 Å². The van der Waals surface area contributed by atoms with Crippen LogP contribution < -0.4 is 16.3 Å². The van der Waals surface area contributed by atoms with Gasteiger partial charge in [-0.3, -0.25) is 26.0 Å². The first-order valence-corrected chi connectivity index (χ1v) is 5.17. The summed E-state index contributed by atoms with van der Waals surface area (Å²) in [6.45, 7) is 0. The summed E-state index contributed by atoms with van der Waals surface area (Å²) in [7, 11) is 1.41. The molecule has 0 heterocycles. The highest BCUT2D eigenvalue weighted by atomic mass is 16.8. The quantitative estimate of drug-likeness (QED) is 0.164. The van der Waals surface area contributed by atoms with Crippen molar-refractivity contribution in [2.24, 2.45) is 4.99 Å². The van der Waals surface area contributed by atoms with Crippen LogP contribution in [0, 0.1) is 10.4 Å². The molecule has 0 fully saturated rings. The molecule has 0 aliphatic heterocycles. The first kappa shape index (κ1) is 15.3. The van der Waals surface area contributed by atoms with E-state index in [9.17, 15) is 10.4 Å². The fraction of sp³-hybridized carbons (Fsp3) is 0.111. The lowest BCUT2D eigenvalue weighted by molar-refractivity contribution is -0.377. The monoisotopic (exact) mass is 285 g/mol. The molecule has 1 aliphatic rings. The van der Waals surface area contributed by atoms with E-state index < -0.39 is 4.90 Å². The standard InChI is InChI=1S/C9H13N6O5/c1-10-9(13-16)12-11-5-6-2-3-7(14(17)18)4-8(6)15(19)20/h2-5,11,19-20H,1H3,(H3-,10,12,13,16,17,18)/q-1/b6-5+. The van der Waals surface area contributed by atoms with Gasteiger partial charge in [-0.05, 0) is 6.08 Å². The second-order valence-corrected chi connectivity index (χ2v) is 3.39. The highest BCUT2D eigenvalue weighted by Crippen LogP contribution is 2.17. The Morgan fingerprint density at radius 1 is 1.40 bits per heavy atom. The third-order valence-corrected chi connectivity index (χ3v) is 2.19. The average Bonchev–Trinajstić information content (AvgIpc) is 2.43. The number of hydrazine groups is 1. The maximum Gasteiger partial charge on any atom is 0.234 e. The fourth-order valence-corrected chi connectivity index (χ4v) is 1.26. The van der Waals surface area contributed by atoms with E-state index in [0.717, 1.165) is 6.08 Å². The Balaban J connectivity index is 2.87. The highest BCUT2D eigenvalue weighted by molar-refractivity contribution is 6.03. The zero-order valence-corrected chi connectivity index (χ0v) is 10.3. The number of allylic oxidation sites excluding steroid dienone is 3. The molecule has 0 unspecified atom stereocenters. The third-order valence-electron chi connectivity index (χ3n) is 2.19. The molecule has 0 saturated heterocycles. The zero-order chi connectivity index (χ0) is 15.1. The fourth-order valence-electron chi connectivity index (χ4n) is 1.26. The Hall–Kier alpha value is -2.76. The summed E-state index contributed by atoms with van der Waals surface area (Å²) in [5.74, 6) is 0.00886. The minimum atomic E-state index is -0.667. The van der Waals surface area contributed by atoms with E-state index in [0.29, 0.717) is 0 Å². The zero-order valence-electron chi connectivity index (χ0n) is 10.3.